The monoisotopic (exact) mass is 786 g/mol. The Morgan fingerprint density at radius 1 is 0.863 bits per heavy atom. The summed E-state index contributed by atoms with van der Waals surface area (Å²) in [6, 6.07) is -0.623. The molecule has 2 heterocycles. The molecule has 0 amide bonds. The number of imidazole rings is 1. The SMILES string of the molecule is CCC(C)(CC)NOP(=O)(O)OP(=O)(ONC(C)(CC)CC)OP(=O)(CO[C@H]1C[C@@H](n2cnc3c(N)ncnc32)C=C1F)ONC(C)(CC)CC. The minimum atomic E-state index is -5.39. The van der Waals surface area contributed by atoms with Crippen molar-refractivity contribution in [1.82, 2.24) is 36.0 Å². The number of nitrogens with one attached hydrogen (secondary N) is 3. The number of anilines is 1. The third kappa shape index (κ3) is 11.6. The number of hydrogen-bond donors (Lipinski definition) is 5. The Hall–Kier alpha value is -1.69. The van der Waals surface area contributed by atoms with Gasteiger partial charge in [0.25, 0.3) is 0 Å². The quantitative estimate of drug-likeness (QED) is 0.0550. The van der Waals surface area contributed by atoms with Crippen LogP contribution in [0.3, 0.4) is 0 Å². The van der Waals surface area contributed by atoms with Crippen LogP contribution in [-0.4, -0.2) is 53.5 Å². The Morgan fingerprint density at radius 3 is 1.94 bits per heavy atom. The second-order valence-corrected chi connectivity index (χ2v) is 18.5. The Bertz CT molecular complexity index is 1640. The summed E-state index contributed by atoms with van der Waals surface area (Å²) < 4.78 is 90.9. The van der Waals surface area contributed by atoms with Crippen molar-refractivity contribution in [2.24, 2.45) is 0 Å². The molecule has 292 valence electrons. The Kier molecular flexibility index (Phi) is 15.1. The number of nitrogens with two attached hydrogens (primary N) is 1. The highest BCUT2D eigenvalue weighted by atomic mass is 31.3. The molecule has 0 fully saturated rings. The fraction of sp³-hybridized carbons (Fsp3) is 0.759. The first-order valence-corrected chi connectivity index (χ1v) is 21.7. The maximum Gasteiger partial charge on any atom is 0.507 e. The first-order valence-electron chi connectivity index (χ1n) is 17.0. The third-order valence-corrected chi connectivity index (χ3v) is 14.5. The molecule has 0 radical (unpaired) electrons. The molecule has 2 aromatic heterocycles. The summed E-state index contributed by atoms with van der Waals surface area (Å²) in [7, 11) is -15.5. The van der Waals surface area contributed by atoms with Crippen molar-refractivity contribution in [2.45, 2.75) is 136 Å². The zero-order chi connectivity index (χ0) is 38.3. The fourth-order valence-corrected chi connectivity index (χ4v) is 9.22. The predicted octanol–water partition coefficient (Wildman–Crippen LogP) is 7.28. The minimum Gasteiger partial charge on any atom is -0.382 e. The van der Waals surface area contributed by atoms with Crippen LogP contribution in [0, 0.1) is 0 Å². The van der Waals surface area contributed by atoms with E-state index in [1.54, 1.807) is 25.3 Å². The van der Waals surface area contributed by atoms with E-state index in [2.05, 4.69) is 31.4 Å². The number of halogens is 1. The lowest BCUT2D eigenvalue weighted by Gasteiger charge is -2.33. The molecule has 6 N–H and O–H groups in total. The topological polar surface area (TPSA) is 233 Å². The number of aromatic nitrogens is 4. The maximum atomic E-state index is 15.3. The van der Waals surface area contributed by atoms with Crippen molar-refractivity contribution < 1.29 is 50.2 Å². The van der Waals surface area contributed by atoms with Gasteiger partial charge in [-0.05, 0) is 65.4 Å². The van der Waals surface area contributed by atoms with Crippen LogP contribution in [-0.2, 0) is 40.9 Å². The number of allylic oxidation sites excluding steroid dienone is 1. The van der Waals surface area contributed by atoms with Gasteiger partial charge in [0.15, 0.2) is 17.8 Å². The first kappa shape index (κ1) is 43.7. The molecule has 0 aromatic carbocycles. The van der Waals surface area contributed by atoms with Crippen molar-refractivity contribution >= 4 is 40.2 Å². The number of hydroxylamine groups is 3. The highest BCUT2D eigenvalue weighted by Gasteiger charge is 2.49. The molecule has 18 nitrogen and oxygen atoms in total. The van der Waals surface area contributed by atoms with Crippen LogP contribution < -0.4 is 22.2 Å². The van der Waals surface area contributed by atoms with Crippen LogP contribution in [0.1, 0.15) is 113 Å². The van der Waals surface area contributed by atoms with Crippen LogP contribution in [0.25, 0.3) is 11.2 Å². The van der Waals surface area contributed by atoms with Crippen LogP contribution in [0.4, 0.5) is 10.2 Å². The second kappa shape index (κ2) is 17.6. The summed E-state index contributed by atoms with van der Waals surface area (Å²) in [6.07, 6.45) is 4.61. The molecule has 5 atom stereocenters. The number of nitrogen functional groups attached to an aromatic ring is 1. The summed E-state index contributed by atoms with van der Waals surface area (Å²) in [5.41, 5.74) is 12.0. The molecule has 0 saturated carbocycles. The number of phosphoric acid groups is 2. The molecular weight excluding hydrogens is 732 g/mol. The van der Waals surface area contributed by atoms with Gasteiger partial charge in [-0.1, -0.05) is 41.5 Å². The van der Waals surface area contributed by atoms with E-state index in [1.807, 2.05) is 41.5 Å². The van der Waals surface area contributed by atoms with E-state index in [1.165, 1.54) is 18.7 Å². The lowest BCUT2D eigenvalue weighted by molar-refractivity contribution is 0.0203. The molecule has 3 unspecified atom stereocenters. The molecule has 0 spiro atoms. The molecule has 1 aliphatic rings. The summed E-state index contributed by atoms with van der Waals surface area (Å²) in [5.74, 6) is -0.550. The molecule has 2 aromatic rings. The highest BCUT2D eigenvalue weighted by Crippen LogP contribution is 2.71. The average Bonchev–Trinajstić information content (AvgIpc) is 3.71. The Morgan fingerprint density at radius 2 is 1.39 bits per heavy atom. The van der Waals surface area contributed by atoms with Crippen LogP contribution in [0.15, 0.2) is 24.6 Å². The van der Waals surface area contributed by atoms with Crippen molar-refractivity contribution in [1.29, 1.82) is 0 Å². The lowest BCUT2D eigenvalue weighted by Crippen LogP contribution is -2.41. The van der Waals surface area contributed by atoms with Gasteiger partial charge in [0.1, 0.15) is 23.8 Å². The van der Waals surface area contributed by atoms with Gasteiger partial charge >= 0.3 is 23.2 Å². The normalized spacial score (nSPS) is 21.0. The van der Waals surface area contributed by atoms with Gasteiger partial charge in [-0.15, -0.1) is 0 Å². The predicted molar refractivity (Wildman–Crippen MR) is 189 cm³/mol. The van der Waals surface area contributed by atoms with Gasteiger partial charge in [-0.25, -0.2) is 37.4 Å². The van der Waals surface area contributed by atoms with Gasteiger partial charge in [0.05, 0.1) is 12.4 Å². The molecule has 51 heavy (non-hydrogen) atoms. The highest BCUT2D eigenvalue weighted by molar-refractivity contribution is 7.69. The van der Waals surface area contributed by atoms with Crippen molar-refractivity contribution in [2.75, 3.05) is 12.1 Å². The molecule has 0 aliphatic heterocycles. The minimum absolute atomic E-state index is 0.00676. The van der Waals surface area contributed by atoms with Crippen molar-refractivity contribution in [3.8, 4) is 0 Å². The number of nitrogens with zero attached hydrogens (tertiary/aromatic N) is 4. The molecule has 22 heteroatoms. The van der Waals surface area contributed by atoms with E-state index in [0.717, 1.165) is 0 Å². The van der Waals surface area contributed by atoms with E-state index in [9.17, 15) is 18.6 Å². The fourth-order valence-electron chi connectivity index (χ4n) is 4.43. The number of rotatable bonds is 23. The van der Waals surface area contributed by atoms with Gasteiger partial charge in [0.2, 0.25) is 0 Å². The van der Waals surface area contributed by atoms with Crippen LogP contribution in [0.2, 0.25) is 0 Å². The van der Waals surface area contributed by atoms with E-state index < -0.39 is 64.2 Å². The summed E-state index contributed by atoms with van der Waals surface area (Å²) in [4.78, 5) is 23.0. The Labute approximate surface area is 298 Å². The van der Waals surface area contributed by atoms with E-state index in [4.69, 9.17) is 33.0 Å². The van der Waals surface area contributed by atoms with E-state index in [0.29, 0.717) is 49.7 Å². The molecular formula is C29H54FN8O10P3. The summed E-state index contributed by atoms with van der Waals surface area (Å²) >= 11 is 0. The first-order chi connectivity index (χ1) is 23.7. The zero-order valence-corrected chi connectivity index (χ0v) is 33.4. The molecule has 3 rings (SSSR count). The number of ether oxygens (including phenoxy) is 1. The van der Waals surface area contributed by atoms with Gasteiger partial charge in [-0.3, -0.25) is 4.57 Å². The smallest absolute Gasteiger partial charge is 0.382 e. The van der Waals surface area contributed by atoms with Crippen LogP contribution >= 0.6 is 23.2 Å². The standard InChI is InChI=1S/C29H54FN8O10P3/c1-10-27(7,11-2)35-44-49(39,20-43-23-17-21(16-22(23)30)38-19-34-24-25(31)32-18-33-26(24)38)47-51(42,46-37-29(9,14-5)15-6)48-50(40,41)45-36-28(8,12-3)13-4/h16,18-19,21,23,35-37H,10-15,17,20H2,1-9H3,(H,40,41)(H2,31,32,33)/t21-,23-,49?,51?/m0/s1. The number of hydrogen-bond acceptors (Lipinski definition) is 16. The second-order valence-electron chi connectivity index (χ2n) is 13.3. The largest absolute Gasteiger partial charge is 0.507 e. The van der Waals surface area contributed by atoms with E-state index >= 15 is 4.39 Å². The van der Waals surface area contributed by atoms with Gasteiger partial charge in [0, 0.05) is 23.0 Å². The Balaban J connectivity index is 1.92. The summed E-state index contributed by atoms with van der Waals surface area (Å²) in [6.45, 7) is 16.2. The van der Waals surface area contributed by atoms with Crippen molar-refractivity contribution in [3.05, 3.63) is 24.6 Å². The molecule has 1 aliphatic carbocycles. The van der Waals surface area contributed by atoms with Gasteiger partial charge in [-0.2, -0.15) is 30.0 Å². The van der Waals surface area contributed by atoms with Gasteiger partial charge < -0.3 is 19.9 Å². The zero-order valence-electron chi connectivity index (χ0n) is 30.8. The van der Waals surface area contributed by atoms with Crippen molar-refractivity contribution in [3.63, 3.8) is 0 Å². The lowest BCUT2D eigenvalue weighted by atomic mass is 9.97. The van der Waals surface area contributed by atoms with E-state index in [-0.39, 0.29) is 12.2 Å². The molecule has 0 bridgehead atoms. The number of fused-ring (bicyclic) bond motifs is 1. The average molecular weight is 787 g/mol. The van der Waals surface area contributed by atoms with Crippen LogP contribution in [0.5, 0.6) is 0 Å². The third-order valence-electron chi connectivity index (χ3n) is 9.64. The summed E-state index contributed by atoms with van der Waals surface area (Å²) in [5, 5.41) is 0. The molecule has 0 saturated heterocycles. The maximum absolute atomic E-state index is 15.3.